The van der Waals surface area contributed by atoms with Crippen molar-refractivity contribution >= 4 is 27.4 Å². The van der Waals surface area contributed by atoms with Crippen molar-refractivity contribution in [3.63, 3.8) is 0 Å². The van der Waals surface area contributed by atoms with Crippen LogP contribution in [0.5, 0.6) is 5.75 Å². The lowest BCUT2D eigenvalue weighted by atomic mass is 9.99. The van der Waals surface area contributed by atoms with E-state index in [0.717, 1.165) is 10.2 Å². The number of hydrogen-bond acceptors (Lipinski definition) is 4. The molecule has 0 amide bonds. The lowest BCUT2D eigenvalue weighted by Crippen LogP contribution is -2.32. The highest BCUT2D eigenvalue weighted by atomic mass is 79.9. The summed E-state index contributed by atoms with van der Waals surface area (Å²) in [7, 11) is 0. The molecule has 0 bridgehead atoms. The molecule has 0 aliphatic carbocycles. The Hall–Kier alpha value is -1.49. The maximum atomic E-state index is 11.8. The third-order valence-electron chi connectivity index (χ3n) is 2.78. The van der Waals surface area contributed by atoms with Crippen LogP contribution < -0.4 is 15.8 Å². The molecule has 1 aromatic rings. The Bertz CT molecular complexity index is 538. The molecule has 2 rings (SSSR count). The van der Waals surface area contributed by atoms with Gasteiger partial charge in [-0.1, -0.05) is 15.9 Å². The lowest BCUT2D eigenvalue weighted by molar-refractivity contribution is -0.121. The summed E-state index contributed by atoms with van der Waals surface area (Å²) >= 11 is 3.42. The molecule has 0 spiro atoms. The standard InChI is InChI=1S/C14H17BrN2O2/c1-14(2)8-10(18)4-6-13(16)17-11-7-9(15)3-5-12(11)19-14/h3,5-7,17H,4,8,16H2,1-2H3/b13-6+. The number of fused-ring (bicyclic) bond motifs is 1. The maximum absolute atomic E-state index is 11.8. The van der Waals surface area contributed by atoms with Crippen LogP contribution >= 0.6 is 15.9 Å². The van der Waals surface area contributed by atoms with Crippen LogP contribution in [0.4, 0.5) is 5.69 Å². The van der Waals surface area contributed by atoms with Gasteiger partial charge in [0.1, 0.15) is 17.1 Å². The van der Waals surface area contributed by atoms with Gasteiger partial charge in [-0.2, -0.15) is 0 Å². The van der Waals surface area contributed by atoms with Crippen molar-refractivity contribution in [1.82, 2.24) is 0 Å². The molecule has 0 saturated heterocycles. The molecule has 1 aliphatic heterocycles. The number of Topliss-reactive ketones (excluding diaryl/α,β-unsaturated/α-hetero) is 1. The Balaban J connectivity index is 2.43. The molecule has 1 heterocycles. The van der Waals surface area contributed by atoms with Gasteiger partial charge in [-0.3, -0.25) is 4.79 Å². The average molecular weight is 325 g/mol. The number of rotatable bonds is 0. The molecular formula is C14H17BrN2O2. The number of hydrogen-bond donors (Lipinski definition) is 2. The summed E-state index contributed by atoms with van der Waals surface area (Å²) in [6.45, 7) is 3.82. The number of ether oxygens (including phenoxy) is 1. The van der Waals surface area contributed by atoms with E-state index in [1.54, 1.807) is 6.08 Å². The molecule has 102 valence electrons. The molecule has 19 heavy (non-hydrogen) atoms. The number of benzene rings is 1. The minimum atomic E-state index is -0.540. The molecule has 5 heteroatoms. The van der Waals surface area contributed by atoms with E-state index in [4.69, 9.17) is 10.5 Å². The number of ketones is 1. The molecule has 0 aromatic heterocycles. The van der Waals surface area contributed by atoms with E-state index in [-0.39, 0.29) is 5.78 Å². The zero-order valence-electron chi connectivity index (χ0n) is 11.0. The van der Waals surface area contributed by atoms with Crippen molar-refractivity contribution in [2.24, 2.45) is 5.73 Å². The normalized spacial score (nSPS) is 21.4. The number of nitrogens with one attached hydrogen (secondary N) is 1. The molecule has 1 aliphatic rings. The SMILES string of the molecule is CC1(C)CC(=O)C/C=C(\N)Nc2cc(Br)ccc2O1. The highest BCUT2D eigenvalue weighted by molar-refractivity contribution is 9.10. The van der Waals surface area contributed by atoms with Crippen LogP contribution in [0.25, 0.3) is 0 Å². The number of carbonyl (C=O) groups excluding carboxylic acids is 1. The fourth-order valence-corrected chi connectivity index (χ4v) is 2.36. The monoisotopic (exact) mass is 324 g/mol. The third-order valence-corrected chi connectivity index (χ3v) is 3.27. The quantitative estimate of drug-likeness (QED) is 0.769. The van der Waals surface area contributed by atoms with E-state index < -0.39 is 5.60 Å². The Labute approximate surface area is 121 Å². The second-order valence-corrected chi connectivity index (χ2v) is 6.12. The Morgan fingerprint density at radius 3 is 2.89 bits per heavy atom. The van der Waals surface area contributed by atoms with E-state index in [1.165, 1.54) is 0 Å². The van der Waals surface area contributed by atoms with Gasteiger partial charge >= 0.3 is 0 Å². The fraction of sp³-hybridized carbons (Fsp3) is 0.357. The van der Waals surface area contributed by atoms with E-state index in [9.17, 15) is 4.79 Å². The molecule has 0 radical (unpaired) electrons. The summed E-state index contributed by atoms with van der Waals surface area (Å²) in [5, 5.41) is 3.06. The van der Waals surface area contributed by atoms with Gasteiger partial charge in [0.15, 0.2) is 0 Å². The van der Waals surface area contributed by atoms with Crippen LogP contribution in [0.1, 0.15) is 26.7 Å². The summed E-state index contributed by atoms with van der Waals surface area (Å²) in [6, 6.07) is 5.65. The van der Waals surface area contributed by atoms with Gasteiger partial charge in [0.2, 0.25) is 0 Å². The molecule has 1 aromatic carbocycles. The number of halogens is 1. The maximum Gasteiger partial charge on any atom is 0.143 e. The molecule has 0 saturated carbocycles. The molecule has 3 N–H and O–H groups in total. The van der Waals surface area contributed by atoms with E-state index >= 15 is 0 Å². The Morgan fingerprint density at radius 2 is 2.16 bits per heavy atom. The zero-order chi connectivity index (χ0) is 14.0. The molecule has 0 fully saturated rings. The smallest absolute Gasteiger partial charge is 0.143 e. The van der Waals surface area contributed by atoms with Gasteiger partial charge < -0.3 is 15.8 Å². The highest BCUT2D eigenvalue weighted by Crippen LogP contribution is 2.33. The summed E-state index contributed by atoms with van der Waals surface area (Å²) in [4.78, 5) is 11.8. The summed E-state index contributed by atoms with van der Waals surface area (Å²) in [5.41, 5.74) is 6.09. The van der Waals surface area contributed by atoms with Crippen LogP contribution in [0, 0.1) is 0 Å². The van der Waals surface area contributed by atoms with E-state index in [0.29, 0.717) is 24.4 Å². The first-order chi connectivity index (χ1) is 8.85. The number of anilines is 1. The van der Waals surface area contributed by atoms with Gasteiger partial charge in [-0.25, -0.2) is 0 Å². The predicted molar refractivity (Wildman–Crippen MR) is 79.0 cm³/mol. The van der Waals surface area contributed by atoms with Gasteiger partial charge in [-0.15, -0.1) is 0 Å². The number of nitrogens with two attached hydrogens (primary N) is 1. The van der Waals surface area contributed by atoms with Crippen molar-refractivity contribution in [2.75, 3.05) is 5.32 Å². The van der Waals surface area contributed by atoms with E-state index in [2.05, 4.69) is 21.2 Å². The van der Waals surface area contributed by atoms with Crippen LogP contribution in [0.3, 0.4) is 0 Å². The summed E-state index contributed by atoms with van der Waals surface area (Å²) in [6.07, 6.45) is 2.37. The third kappa shape index (κ3) is 3.73. The molecule has 4 nitrogen and oxygen atoms in total. The molecule has 0 atom stereocenters. The first kappa shape index (κ1) is 13.9. The number of carbonyl (C=O) groups is 1. The van der Waals surface area contributed by atoms with E-state index in [1.807, 2.05) is 32.0 Å². The van der Waals surface area contributed by atoms with Crippen LogP contribution in [0.2, 0.25) is 0 Å². The first-order valence-corrected chi connectivity index (χ1v) is 6.88. The molecule has 0 unspecified atom stereocenters. The van der Waals surface area contributed by atoms with Crippen molar-refractivity contribution in [1.29, 1.82) is 0 Å². The lowest BCUT2D eigenvalue weighted by Gasteiger charge is -2.28. The average Bonchev–Trinajstić information content (AvgIpc) is 2.28. The first-order valence-electron chi connectivity index (χ1n) is 6.09. The predicted octanol–water partition coefficient (Wildman–Crippen LogP) is 3.18. The molecular weight excluding hydrogens is 308 g/mol. The zero-order valence-corrected chi connectivity index (χ0v) is 12.6. The van der Waals surface area contributed by atoms with Crippen LogP contribution in [0.15, 0.2) is 34.6 Å². The van der Waals surface area contributed by atoms with Crippen molar-refractivity contribution in [2.45, 2.75) is 32.3 Å². The van der Waals surface area contributed by atoms with Gasteiger partial charge in [0.05, 0.1) is 11.5 Å². The second-order valence-electron chi connectivity index (χ2n) is 5.21. The van der Waals surface area contributed by atoms with Crippen LogP contribution in [-0.2, 0) is 4.79 Å². The van der Waals surface area contributed by atoms with Gasteiger partial charge in [-0.05, 0) is 38.1 Å². The van der Waals surface area contributed by atoms with Gasteiger partial charge in [0, 0.05) is 17.3 Å². The van der Waals surface area contributed by atoms with Gasteiger partial charge in [0.25, 0.3) is 0 Å². The largest absolute Gasteiger partial charge is 0.485 e. The Kier molecular flexibility index (Phi) is 3.85. The fourth-order valence-electron chi connectivity index (χ4n) is 2.00. The van der Waals surface area contributed by atoms with Crippen molar-refractivity contribution < 1.29 is 9.53 Å². The topological polar surface area (TPSA) is 64.4 Å². The summed E-state index contributed by atoms with van der Waals surface area (Å²) < 4.78 is 6.88. The van der Waals surface area contributed by atoms with Crippen molar-refractivity contribution in [3.8, 4) is 5.75 Å². The number of allylic oxidation sites excluding steroid dienone is 1. The minimum absolute atomic E-state index is 0.107. The highest BCUT2D eigenvalue weighted by Gasteiger charge is 2.25. The summed E-state index contributed by atoms with van der Waals surface area (Å²) in [5.74, 6) is 1.24. The van der Waals surface area contributed by atoms with Crippen LogP contribution in [-0.4, -0.2) is 11.4 Å². The van der Waals surface area contributed by atoms with Crippen molar-refractivity contribution in [3.05, 3.63) is 34.6 Å². The second kappa shape index (κ2) is 5.25. The minimum Gasteiger partial charge on any atom is -0.485 e. The Morgan fingerprint density at radius 1 is 1.42 bits per heavy atom.